The minimum atomic E-state index is -0.594. The molecule has 2 aromatic carbocycles. The molecule has 2 aromatic rings. The summed E-state index contributed by atoms with van der Waals surface area (Å²) in [5.74, 6) is -0.354. The highest BCUT2D eigenvalue weighted by Crippen LogP contribution is 2.22. The highest BCUT2D eigenvalue weighted by atomic mass is 35.5. The molecule has 1 nitrogen and oxygen atoms in total. The van der Waals surface area contributed by atoms with E-state index in [9.17, 15) is 9.50 Å². The molecule has 0 bridgehead atoms. The first kappa shape index (κ1) is 15.0. The van der Waals surface area contributed by atoms with Crippen LogP contribution in [-0.2, 0) is 12.8 Å². The minimum absolute atomic E-state index is 0.247. The van der Waals surface area contributed by atoms with Gasteiger partial charge in [0.15, 0.2) is 0 Å². The van der Waals surface area contributed by atoms with E-state index in [-0.39, 0.29) is 12.2 Å². The van der Waals surface area contributed by atoms with Crippen molar-refractivity contribution in [2.24, 2.45) is 0 Å². The van der Waals surface area contributed by atoms with Crippen LogP contribution in [0.15, 0.2) is 42.5 Å². The lowest BCUT2D eigenvalue weighted by Crippen LogP contribution is -2.13. The predicted octanol–water partition coefficient (Wildman–Crippen LogP) is 4.32. The molecule has 0 amide bonds. The lowest BCUT2D eigenvalue weighted by molar-refractivity contribution is 0.164. The van der Waals surface area contributed by atoms with E-state index >= 15 is 0 Å². The second kappa shape index (κ2) is 6.87. The van der Waals surface area contributed by atoms with Crippen LogP contribution in [0.3, 0.4) is 0 Å². The number of aliphatic hydroxyl groups is 1. The summed E-state index contributed by atoms with van der Waals surface area (Å²) in [5, 5.41) is 10.5. The summed E-state index contributed by atoms with van der Waals surface area (Å²) >= 11 is 5.96. The molecule has 0 fully saturated rings. The average molecular weight is 293 g/mol. The second-order valence-corrected chi connectivity index (χ2v) is 5.43. The highest BCUT2D eigenvalue weighted by Gasteiger charge is 2.13. The third-order valence-electron chi connectivity index (χ3n) is 3.51. The number of hydrogen-bond donors (Lipinski definition) is 1. The molecule has 0 aliphatic heterocycles. The van der Waals surface area contributed by atoms with Gasteiger partial charge in [-0.2, -0.15) is 0 Å². The number of aliphatic hydroxyl groups excluding tert-OH is 1. The number of halogens is 2. The third-order valence-corrected chi connectivity index (χ3v) is 3.86. The van der Waals surface area contributed by atoms with E-state index in [1.165, 1.54) is 17.2 Å². The van der Waals surface area contributed by atoms with Gasteiger partial charge in [0, 0.05) is 17.0 Å². The SMILES string of the molecule is Cc1ccccc1CCC(O)Cc1c(F)cccc1Cl. The van der Waals surface area contributed by atoms with E-state index in [0.717, 1.165) is 6.42 Å². The zero-order valence-corrected chi connectivity index (χ0v) is 12.2. The molecule has 1 atom stereocenters. The van der Waals surface area contributed by atoms with Crippen LogP contribution in [0.1, 0.15) is 23.1 Å². The van der Waals surface area contributed by atoms with Crippen molar-refractivity contribution in [1.29, 1.82) is 0 Å². The average Bonchev–Trinajstić information content (AvgIpc) is 2.42. The largest absolute Gasteiger partial charge is 0.393 e. The van der Waals surface area contributed by atoms with Crippen molar-refractivity contribution in [2.75, 3.05) is 0 Å². The van der Waals surface area contributed by atoms with E-state index in [1.807, 2.05) is 12.1 Å². The first-order chi connectivity index (χ1) is 9.58. The quantitative estimate of drug-likeness (QED) is 0.870. The van der Waals surface area contributed by atoms with Gasteiger partial charge in [0.2, 0.25) is 0 Å². The van der Waals surface area contributed by atoms with Crippen molar-refractivity contribution in [2.45, 2.75) is 32.3 Å². The molecule has 0 heterocycles. The second-order valence-electron chi connectivity index (χ2n) is 5.02. The van der Waals surface area contributed by atoms with E-state index in [1.54, 1.807) is 12.1 Å². The summed E-state index contributed by atoms with van der Waals surface area (Å²) in [4.78, 5) is 0. The molecule has 0 aliphatic rings. The Morgan fingerprint density at radius 2 is 1.90 bits per heavy atom. The molecule has 0 radical (unpaired) electrons. The Hall–Kier alpha value is -1.38. The maximum Gasteiger partial charge on any atom is 0.127 e. The fourth-order valence-electron chi connectivity index (χ4n) is 2.28. The molecular weight excluding hydrogens is 275 g/mol. The topological polar surface area (TPSA) is 20.2 Å². The Kier molecular flexibility index (Phi) is 5.16. The smallest absolute Gasteiger partial charge is 0.127 e. The zero-order chi connectivity index (χ0) is 14.5. The van der Waals surface area contributed by atoms with Crippen LogP contribution in [0.4, 0.5) is 4.39 Å². The maximum absolute atomic E-state index is 13.6. The molecule has 0 aromatic heterocycles. The molecule has 0 saturated heterocycles. The standard InChI is InChI=1S/C17H18ClFO/c1-12-5-2-3-6-13(12)9-10-14(20)11-15-16(18)7-4-8-17(15)19/h2-8,14,20H,9-11H2,1H3. The van der Waals surface area contributed by atoms with Crippen LogP contribution in [-0.4, -0.2) is 11.2 Å². The summed E-state index contributed by atoms with van der Waals surface area (Å²) in [5.41, 5.74) is 2.82. The molecule has 0 aliphatic carbocycles. The molecule has 1 N–H and O–H groups in total. The van der Waals surface area contributed by atoms with E-state index in [2.05, 4.69) is 19.1 Å². The van der Waals surface area contributed by atoms with Gasteiger partial charge in [-0.1, -0.05) is 41.9 Å². The van der Waals surface area contributed by atoms with Gasteiger partial charge in [-0.15, -0.1) is 0 Å². The Bertz CT molecular complexity index is 563. The van der Waals surface area contributed by atoms with Gasteiger partial charge in [-0.25, -0.2) is 4.39 Å². The molecule has 1 unspecified atom stereocenters. The van der Waals surface area contributed by atoms with Gasteiger partial charge in [0.05, 0.1) is 6.10 Å². The molecular formula is C17H18ClFO. The molecule has 0 spiro atoms. The van der Waals surface area contributed by atoms with Gasteiger partial charge >= 0.3 is 0 Å². The van der Waals surface area contributed by atoms with Crippen LogP contribution in [0.25, 0.3) is 0 Å². The molecule has 20 heavy (non-hydrogen) atoms. The van der Waals surface area contributed by atoms with Gasteiger partial charge in [-0.3, -0.25) is 0 Å². The third kappa shape index (κ3) is 3.81. The van der Waals surface area contributed by atoms with Gasteiger partial charge in [0.25, 0.3) is 0 Å². The number of benzene rings is 2. The Balaban J connectivity index is 1.96. The first-order valence-electron chi connectivity index (χ1n) is 6.73. The first-order valence-corrected chi connectivity index (χ1v) is 7.11. The minimum Gasteiger partial charge on any atom is -0.393 e. The van der Waals surface area contributed by atoms with Crippen molar-refractivity contribution >= 4 is 11.6 Å². The molecule has 2 rings (SSSR count). The van der Waals surface area contributed by atoms with Crippen LogP contribution in [0.2, 0.25) is 5.02 Å². The van der Waals surface area contributed by atoms with Crippen LogP contribution >= 0.6 is 11.6 Å². The number of hydrogen-bond acceptors (Lipinski definition) is 1. The van der Waals surface area contributed by atoms with E-state index in [0.29, 0.717) is 17.0 Å². The lowest BCUT2D eigenvalue weighted by Gasteiger charge is -2.13. The summed E-state index contributed by atoms with van der Waals surface area (Å²) in [7, 11) is 0. The summed E-state index contributed by atoms with van der Waals surface area (Å²) < 4.78 is 13.6. The fourth-order valence-corrected chi connectivity index (χ4v) is 2.52. The highest BCUT2D eigenvalue weighted by molar-refractivity contribution is 6.31. The Labute approximate surface area is 124 Å². The summed E-state index contributed by atoms with van der Waals surface area (Å²) in [6, 6.07) is 12.7. The maximum atomic E-state index is 13.6. The van der Waals surface area contributed by atoms with E-state index < -0.39 is 6.10 Å². The summed E-state index contributed by atoms with van der Waals surface area (Å²) in [6.07, 6.45) is 1.02. The fraction of sp³-hybridized carbons (Fsp3) is 0.294. The zero-order valence-electron chi connectivity index (χ0n) is 11.4. The van der Waals surface area contributed by atoms with E-state index in [4.69, 9.17) is 11.6 Å². The Morgan fingerprint density at radius 1 is 1.15 bits per heavy atom. The lowest BCUT2D eigenvalue weighted by atomic mass is 9.98. The van der Waals surface area contributed by atoms with Crippen molar-refractivity contribution in [1.82, 2.24) is 0 Å². The molecule has 0 saturated carbocycles. The monoisotopic (exact) mass is 292 g/mol. The normalized spacial score (nSPS) is 12.4. The Morgan fingerprint density at radius 3 is 2.60 bits per heavy atom. The van der Waals surface area contributed by atoms with Gasteiger partial charge < -0.3 is 5.11 Å². The van der Waals surface area contributed by atoms with Crippen molar-refractivity contribution < 1.29 is 9.50 Å². The van der Waals surface area contributed by atoms with Crippen LogP contribution < -0.4 is 0 Å². The van der Waals surface area contributed by atoms with Crippen molar-refractivity contribution in [3.8, 4) is 0 Å². The van der Waals surface area contributed by atoms with Crippen LogP contribution in [0.5, 0.6) is 0 Å². The van der Waals surface area contributed by atoms with Gasteiger partial charge in [-0.05, 0) is 43.0 Å². The molecule has 3 heteroatoms. The number of rotatable bonds is 5. The van der Waals surface area contributed by atoms with Crippen molar-refractivity contribution in [3.63, 3.8) is 0 Å². The van der Waals surface area contributed by atoms with Crippen LogP contribution in [0, 0.1) is 12.7 Å². The number of aryl methyl sites for hydroxylation is 2. The summed E-state index contributed by atoms with van der Waals surface area (Å²) in [6.45, 7) is 2.05. The predicted molar refractivity (Wildman–Crippen MR) is 80.6 cm³/mol. The van der Waals surface area contributed by atoms with Crippen molar-refractivity contribution in [3.05, 3.63) is 70.0 Å². The van der Waals surface area contributed by atoms with Gasteiger partial charge in [0.1, 0.15) is 5.82 Å². The molecule has 106 valence electrons.